The highest BCUT2D eigenvalue weighted by molar-refractivity contribution is 6.32. The van der Waals surface area contributed by atoms with Crippen molar-refractivity contribution in [3.8, 4) is 0 Å². The van der Waals surface area contributed by atoms with Gasteiger partial charge in [0.05, 0.1) is 5.69 Å². The van der Waals surface area contributed by atoms with Crippen molar-refractivity contribution in [3.05, 3.63) is 23.0 Å². The van der Waals surface area contributed by atoms with E-state index in [0.29, 0.717) is 23.2 Å². The summed E-state index contributed by atoms with van der Waals surface area (Å²) in [6.45, 7) is 6.02. The van der Waals surface area contributed by atoms with Gasteiger partial charge in [-0.1, -0.05) is 31.9 Å². The molecule has 1 rings (SSSR count). The molecule has 0 saturated carbocycles. The van der Waals surface area contributed by atoms with Crippen molar-refractivity contribution < 1.29 is 4.79 Å². The molecule has 0 aliphatic carbocycles. The average molecular weight is 241 g/mol. The molecular weight excluding hydrogens is 224 g/mol. The molecule has 4 heteroatoms. The number of carbonyl (C=O) groups excluding carboxylic acids is 1. The largest absolute Gasteiger partial charge is 0.323 e. The molecule has 1 N–H and O–H groups in total. The van der Waals surface area contributed by atoms with Crippen LogP contribution >= 0.6 is 11.6 Å². The third kappa shape index (κ3) is 3.49. The Labute approximate surface area is 101 Å². The maximum atomic E-state index is 11.7. The zero-order chi connectivity index (χ0) is 12.1. The number of hydrogen-bond donors (Lipinski definition) is 1. The Morgan fingerprint density at radius 1 is 1.62 bits per heavy atom. The van der Waals surface area contributed by atoms with Crippen molar-refractivity contribution in [1.29, 1.82) is 0 Å². The van der Waals surface area contributed by atoms with E-state index in [-0.39, 0.29) is 5.91 Å². The second kappa shape index (κ2) is 5.85. The quantitative estimate of drug-likeness (QED) is 0.820. The normalized spacial score (nSPS) is 12.2. The first-order valence-electron chi connectivity index (χ1n) is 5.45. The molecular formula is C12H17ClN2O. The molecule has 1 amide bonds. The number of pyridine rings is 1. The van der Waals surface area contributed by atoms with E-state index in [1.807, 2.05) is 13.0 Å². The summed E-state index contributed by atoms with van der Waals surface area (Å²) in [5, 5.41) is 3.16. The Bertz CT molecular complexity index is 359. The SMILES string of the molecule is CCC(C)CC(=O)Nc1c(C)ccnc1Cl. The first-order chi connectivity index (χ1) is 7.54. The highest BCUT2D eigenvalue weighted by atomic mass is 35.5. The molecule has 1 aromatic rings. The van der Waals surface area contributed by atoms with E-state index in [4.69, 9.17) is 11.6 Å². The number of amides is 1. The molecule has 0 fully saturated rings. The van der Waals surface area contributed by atoms with Crippen molar-refractivity contribution in [2.45, 2.75) is 33.6 Å². The fourth-order valence-electron chi connectivity index (χ4n) is 1.33. The molecule has 1 aromatic heterocycles. The monoisotopic (exact) mass is 240 g/mol. The summed E-state index contributed by atoms with van der Waals surface area (Å²) in [7, 11) is 0. The lowest BCUT2D eigenvalue weighted by Gasteiger charge is -2.11. The van der Waals surface area contributed by atoms with E-state index in [1.165, 1.54) is 0 Å². The fraction of sp³-hybridized carbons (Fsp3) is 0.500. The van der Waals surface area contributed by atoms with Gasteiger partial charge in [-0.25, -0.2) is 4.98 Å². The van der Waals surface area contributed by atoms with Crippen molar-refractivity contribution in [3.63, 3.8) is 0 Å². The second-order valence-corrected chi connectivity index (χ2v) is 4.42. The van der Waals surface area contributed by atoms with Gasteiger partial charge in [0.2, 0.25) is 5.91 Å². The number of hydrogen-bond acceptors (Lipinski definition) is 2. The van der Waals surface area contributed by atoms with Gasteiger partial charge in [-0.15, -0.1) is 0 Å². The van der Waals surface area contributed by atoms with Crippen LogP contribution in [-0.2, 0) is 4.79 Å². The molecule has 0 aliphatic heterocycles. The molecule has 0 saturated heterocycles. The smallest absolute Gasteiger partial charge is 0.224 e. The molecule has 0 bridgehead atoms. The zero-order valence-electron chi connectivity index (χ0n) is 9.88. The van der Waals surface area contributed by atoms with Gasteiger partial charge < -0.3 is 5.32 Å². The summed E-state index contributed by atoms with van der Waals surface area (Å²) in [6.07, 6.45) is 3.14. The van der Waals surface area contributed by atoms with E-state index in [9.17, 15) is 4.79 Å². The standard InChI is InChI=1S/C12H17ClN2O/c1-4-8(2)7-10(16)15-11-9(3)5-6-14-12(11)13/h5-6,8H,4,7H2,1-3H3,(H,15,16). The molecule has 1 atom stereocenters. The lowest BCUT2D eigenvalue weighted by Crippen LogP contribution is -2.16. The molecule has 0 aromatic carbocycles. The minimum absolute atomic E-state index is 0.00708. The highest BCUT2D eigenvalue weighted by Gasteiger charge is 2.11. The maximum absolute atomic E-state index is 11.7. The second-order valence-electron chi connectivity index (χ2n) is 4.06. The Balaban J connectivity index is 2.70. The van der Waals surface area contributed by atoms with E-state index >= 15 is 0 Å². The van der Waals surface area contributed by atoms with Crippen LogP contribution in [0.4, 0.5) is 5.69 Å². The van der Waals surface area contributed by atoms with Gasteiger partial charge >= 0.3 is 0 Å². The number of nitrogens with zero attached hydrogens (tertiary/aromatic N) is 1. The summed E-state index contributed by atoms with van der Waals surface area (Å²) in [5.41, 5.74) is 1.55. The van der Waals surface area contributed by atoms with Crippen LogP contribution in [0.3, 0.4) is 0 Å². The van der Waals surface area contributed by atoms with Crippen molar-refractivity contribution in [2.24, 2.45) is 5.92 Å². The lowest BCUT2D eigenvalue weighted by atomic mass is 10.0. The molecule has 1 heterocycles. The Morgan fingerprint density at radius 2 is 2.31 bits per heavy atom. The van der Waals surface area contributed by atoms with Gasteiger partial charge in [-0.05, 0) is 24.5 Å². The van der Waals surface area contributed by atoms with E-state index in [0.717, 1.165) is 12.0 Å². The summed E-state index contributed by atoms with van der Waals surface area (Å²) < 4.78 is 0. The van der Waals surface area contributed by atoms with Crippen molar-refractivity contribution in [1.82, 2.24) is 4.98 Å². The third-order valence-electron chi connectivity index (χ3n) is 2.61. The number of nitrogens with one attached hydrogen (secondary N) is 1. The molecule has 0 spiro atoms. The Kier molecular flexibility index (Phi) is 4.74. The van der Waals surface area contributed by atoms with Crippen LogP contribution in [0.5, 0.6) is 0 Å². The number of rotatable bonds is 4. The van der Waals surface area contributed by atoms with Gasteiger partial charge in [0.1, 0.15) is 0 Å². The average Bonchev–Trinajstić information content (AvgIpc) is 2.23. The first-order valence-corrected chi connectivity index (χ1v) is 5.83. The van der Waals surface area contributed by atoms with Gasteiger partial charge in [-0.3, -0.25) is 4.79 Å². The van der Waals surface area contributed by atoms with Gasteiger partial charge in [0.15, 0.2) is 5.15 Å². The van der Waals surface area contributed by atoms with E-state index < -0.39 is 0 Å². The van der Waals surface area contributed by atoms with Crippen LogP contribution < -0.4 is 5.32 Å². The Hall–Kier alpha value is -1.09. The number of anilines is 1. The molecule has 1 unspecified atom stereocenters. The number of carbonyl (C=O) groups is 1. The maximum Gasteiger partial charge on any atom is 0.224 e. The highest BCUT2D eigenvalue weighted by Crippen LogP contribution is 2.23. The van der Waals surface area contributed by atoms with Gasteiger partial charge in [0, 0.05) is 12.6 Å². The topological polar surface area (TPSA) is 42.0 Å². The van der Waals surface area contributed by atoms with E-state index in [2.05, 4.69) is 24.1 Å². The van der Waals surface area contributed by atoms with Gasteiger partial charge in [0.25, 0.3) is 0 Å². The number of aryl methyl sites for hydroxylation is 1. The van der Waals surface area contributed by atoms with Crippen LogP contribution in [0, 0.1) is 12.8 Å². The number of halogens is 1. The summed E-state index contributed by atoms with van der Waals surface area (Å²) in [5.74, 6) is 0.378. The molecule has 16 heavy (non-hydrogen) atoms. The predicted octanol–water partition coefficient (Wildman–Crippen LogP) is 3.42. The van der Waals surface area contributed by atoms with Crippen molar-refractivity contribution >= 4 is 23.2 Å². The zero-order valence-corrected chi connectivity index (χ0v) is 10.6. The molecule has 88 valence electrons. The molecule has 0 aliphatic rings. The van der Waals surface area contributed by atoms with Crippen LogP contribution in [0.2, 0.25) is 5.15 Å². The summed E-state index contributed by atoms with van der Waals surface area (Å²) >= 11 is 5.92. The van der Waals surface area contributed by atoms with Crippen LogP contribution in [0.25, 0.3) is 0 Å². The summed E-state index contributed by atoms with van der Waals surface area (Å²) in [4.78, 5) is 15.6. The number of aromatic nitrogens is 1. The van der Waals surface area contributed by atoms with Crippen LogP contribution in [0.1, 0.15) is 32.3 Å². The summed E-state index contributed by atoms with van der Waals surface area (Å²) in [6, 6.07) is 1.82. The van der Waals surface area contributed by atoms with Gasteiger partial charge in [-0.2, -0.15) is 0 Å². The van der Waals surface area contributed by atoms with Crippen LogP contribution in [-0.4, -0.2) is 10.9 Å². The molecule has 3 nitrogen and oxygen atoms in total. The van der Waals surface area contributed by atoms with Crippen molar-refractivity contribution in [2.75, 3.05) is 5.32 Å². The third-order valence-corrected chi connectivity index (χ3v) is 2.89. The fourth-order valence-corrected chi connectivity index (χ4v) is 1.58. The first kappa shape index (κ1) is 13.0. The minimum atomic E-state index is -0.00708. The van der Waals surface area contributed by atoms with E-state index in [1.54, 1.807) is 6.20 Å². The minimum Gasteiger partial charge on any atom is -0.323 e. The predicted molar refractivity (Wildman–Crippen MR) is 66.7 cm³/mol. The Morgan fingerprint density at radius 3 is 2.88 bits per heavy atom. The lowest BCUT2D eigenvalue weighted by molar-refractivity contribution is -0.117. The molecule has 0 radical (unpaired) electrons. The van der Waals surface area contributed by atoms with Crippen LogP contribution in [0.15, 0.2) is 12.3 Å².